The molecule has 2 rings (SSSR count). The summed E-state index contributed by atoms with van der Waals surface area (Å²) < 4.78 is 31.2. The van der Waals surface area contributed by atoms with Gasteiger partial charge in [-0.1, -0.05) is 23.7 Å². The number of benzene rings is 2. The molecule has 8 heteroatoms. The molecule has 6 nitrogen and oxygen atoms in total. The van der Waals surface area contributed by atoms with Gasteiger partial charge in [-0.25, -0.2) is 8.42 Å². The van der Waals surface area contributed by atoms with E-state index in [0.29, 0.717) is 28.8 Å². The Hall–Kier alpha value is -2.25. The van der Waals surface area contributed by atoms with Gasteiger partial charge in [-0.3, -0.25) is 9.10 Å². The van der Waals surface area contributed by atoms with Gasteiger partial charge < -0.3 is 10.1 Å². The monoisotopic (exact) mass is 410 g/mol. The van der Waals surface area contributed by atoms with Crippen LogP contribution in [-0.4, -0.2) is 33.2 Å². The van der Waals surface area contributed by atoms with Gasteiger partial charge in [-0.2, -0.15) is 0 Å². The van der Waals surface area contributed by atoms with Gasteiger partial charge in [0.2, 0.25) is 15.9 Å². The van der Waals surface area contributed by atoms with Gasteiger partial charge in [0, 0.05) is 16.8 Å². The molecule has 0 fully saturated rings. The second-order valence-electron chi connectivity index (χ2n) is 6.12. The van der Waals surface area contributed by atoms with Gasteiger partial charge in [0.05, 0.1) is 18.6 Å². The first-order valence-corrected chi connectivity index (χ1v) is 10.7. The third-order valence-electron chi connectivity index (χ3n) is 3.91. The molecule has 1 N–H and O–H groups in total. The summed E-state index contributed by atoms with van der Waals surface area (Å²) in [5.74, 6) is 0.152. The Morgan fingerprint density at radius 1 is 1.26 bits per heavy atom. The number of sulfonamides is 1. The zero-order valence-corrected chi connectivity index (χ0v) is 17.3. The smallest absolute Gasteiger partial charge is 0.247 e. The van der Waals surface area contributed by atoms with Crippen molar-refractivity contribution < 1.29 is 17.9 Å². The van der Waals surface area contributed by atoms with E-state index in [1.54, 1.807) is 36.4 Å². The average Bonchev–Trinajstić information content (AvgIpc) is 2.57. The summed E-state index contributed by atoms with van der Waals surface area (Å²) in [7, 11) is -3.71. The molecule has 0 heterocycles. The second kappa shape index (κ2) is 8.63. The molecular formula is C19H23ClN2O4S. The third-order valence-corrected chi connectivity index (χ3v) is 5.56. The Morgan fingerprint density at radius 2 is 1.96 bits per heavy atom. The molecule has 0 saturated carbocycles. The van der Waals surface area contributed by atoms with Gasteiger partial charge in [0.1, 0.15) is 11.8 Å². The van der Waals surface area contributed by atoms with Crippen LogP contribution in [0.25, 0.3) is 0 Å². The molecule has 0 bridgehead atoms. The summed E-state index contributed by atoms with van der Waals surface area (Å²) in [6, 6.07) is 10.8. The van der Waals surface area contributed by atoms with Gasteiger partial charge in [-0.05, 0) is 50.6 Å². The van der Waals surface area contributed by atoms with E-state index in [0.717, 1.165) is 16.1 Å². The fourth-order valence-electron chi connectivity index (χ4n) is 2.60. The van der Waals surface area contributed by atoms with Crippen LogP contribution in [0.4, 0.5) is 11.4 Å². The minimum Gasteiger partial charge on any atom is -0.494 e. The quantitative estimate of drug-likeness (QED) is 0.752. The molecule has 2 aromatic carbocycles. The largest absolute Gasteiger partial charge is 0.494 e. The fourth-order valence-corrected chi connectivity index (χ4v) is 3.95. The molecule has 146 valence electrons. The van der Waals surface area contributed by atoms with E-state index >= 15 is 0 Å². The topological polar surface area (TPSA) is 75.7 Å². The molecule has 27 heavy (non-hydrogen) atoms. The zero-order chi connectivity index (χ0) is 20.2. The van der Waals surface area contributed by atoms with Crippen LogP contribution in [0.5, 0.6) is 5.75 Å². The Morgan fingerprint density at radius 3 is 2.56 bits per heavy atom. The number of anilines is 2. The number of ether oxygens (including phenoxy) is 1. The molecule has 0 aliphatic carbocycles. The van der Waals surface area contributed by atoms with Crippen molar-refractivity contribution in [1.29, 1.82) is 0 Å². The van der Waals surface area contributed by atoms with E-state index in [1.807, 2.05) is 13.8 Å². The van der Waals surface area contributed by atoms with Crippen molar-refractivity contribution in [3.63, 3.8) is 0 Å². The lowest BCUT2D eigenvalue weighted by Gasteiger charge is -2.28. The number of rotatable bonds is 7. The van der Waals surface area contributed by atoms with E-state index in [2.05, 4.69) is 5.32 Å². The molecular weight excluding hydrogens is 388 g/mol. The normalized spacial score (nSPS) is 12.3. The number of nitrogens with one attached hydrogen (secondary N) is 1. The second-order valence-corrected chi connectivity index (χ2v) is 8.39. The van der Waals surface area contributed by atoms with Gasteiger partial charge in [0.25, 0.3) is 0 Å². The van der Waals surface area contributed by atoms with Crippen molar-refractivity contribution in [3.8, 4) is 5.75 Å². The van der Waals surface area contributed by atoms with E-state index in [1.165, 1.54) is 13.0 Å². The highest BCUT2D eigenvalue weighted by molar-refractivity contribution is 7.92. The summed E-state index contributed by atoms with van der Waals surface area (Å²) in [4.78, 5) is 12.7. The minimum absolute atomic E-state index is 0.332. The molecule has 2 aromatic rings. The highest BCUT2D eigenvalue weighted by atomic mass is 35.5. The molecule has 0 spiro atoms. The van der Waals surface area contributed by atoms with Gasteiger partial charge in [-0.15, -0.1) is 0 Å². The number of hydrogen-bond acceptors (Lipinski definition) is 4. The average molecular weight is 411 g/mol. The highest BCUT2D eigenvalue weighted by Crippen LogP contribution is 2.27. The first-order valence-electron chi connectivity index (χ1n) is 8.42. The van der Waals surface area contributed by atoms with Crippen LogP contribution in [0.3, 0.4) is 0 Å². The van der Waals surface area contributed by atoms with Crippen molar-refractivity contribution in [3.05, 3.63) is 53.1 Å². The molecule has 1 amide bonds. The summed E-state index contributed by atoms with van der Waals surface area (Å²) >= 11 is 6.13. The Bertz CT molecular complexity index is 931. The zero-order valence-electron chi connectivity index (χ0n) is 15.7. The maximum Gasteiger partial charge on any atom is 0.247 e. The van der Waals surface area contributed by atoms with Crippen LogP contribution in [0.15, 0.2) is 42.5 Å². The first-order chi connectivity index (χ1) is 12.6. The SMILES string of the molecule is CCOc1cccc(NC(=O)[C@H](C)N(c2ccc(C)c(Cl)c2)S(C)(=O)=O)c1. The number of aryl methyl sites for hydroxylation is 1. The van der Waals surface area contributed by atoms with E-state index in [-0.39, 0.29) is 0 Å². The third kappa shape index (κ3) is 5.37. The lowest BCUT2D eigenvalue weighted by Crippen LogP contribution is -2.45. The maximum absolute atomic E-state index is 12.7. The highest BCUT2D eigenvalue weighted by Gasteiger charge is 2.29. The van der Waals surface area contributed by atoms with Crippen molar-refractivity contribution in [2.24, 2.45) is 0 Å². The van der Waals surface area contributed by atoms with Gasteiger partial charge in [0.15, 0.2) is 0 Å². The van der Waals surface area contributed by atoms with Crippen LogP contribution < -0.4 is 14.4 Å². The molecule has 0 aromatic heterocycles. The van der Waals surface area contributed by atoms with Crippen LogP contribution >= 0.6 is 11.6 Å². The number of amides is 1. The Labute approximate surface area is 165 Å². The number of carbonyl (C=O) groups is 1. The molecule has 0 aliphatic rings. The summed E-state index contributed by atoms with van der Waals surface area (Å²) in [6.45, 7) is 5.71. The molecule has 1 atom stereocenters. The lowest BCUT2D eigenvalue weighted by atomic mass is 10.2. The van der Waals surface area contributed by atoms with E-state index in [9.17, 15) is 13.2 Å². The molecule has 0 aliphatic heterocycles. The predicted molar refractivity (Wildman–Crippen MR) is 109 cm³/mol. The van der Waals surface area contributed by atoms with Crippen molar-refractivity contribution >= 4 is 38.9 Å². The first kappa shape index (κ1) is 21.1. The molecule has 0 saturated heterocycles. The summed E-state index contributed by atoms with van der Waals surface area (Å²) in [6.07, 6.45) is 1.06. The van der Waals surface area contributed by atoms with E-state index < -0.39 is 22.0 Å². The number of halogens is 1. The summed E-state index contributed by atoms with van der Waals surface area (Å²) in [5.41, 5.74) is 1.67. The van der Waals surface area contributed by atoms with Crippen LogP contribution in [0, 0.1) is 6.92 Å². The van der Waals surface area contributed by atoms with Crippen LogP contribution in [0.2, 0.25) is 5.02 Å². The van der Waals surface area contributed by atoms with Crippen LogP contribution in [-0.2, 0) is 14.8 Å². The number of hydrogen-bond donors (Lipinski definition) is 1. The van der Waals surface area contributed by atoms with E-state index in [4.69, 9.17) is 16.3 Å². The van der Waals surface area contributed by atoms with Crippen molar-refractivity contribution in [2.75, 3.05) is 22.5 Å². The number of nitrogens with zero attached hydrogens (tertiary/aromatic N) is 1. The lowest BCUT2D eigenvalue weighted by molar-refractivity contribution is -0.116. The standard InChI is InChI=1S/C19H23ClN2O4S/c1-5-26-17-8-6-7-15(11-17)21-19(23)14(3)22(27(4,24)25)16-10-9-13(2)18(20)12-16/h6-12,14H,5H2,1-4H3,(H,21,23)/t14-/m0/s1. The predicted octanol–water partition coefficient (Wildman–Crippen LogP) is 3.84. The molecule has 0 radical (unpaired) electrons. The fraction of sp³-hybridized carbons (Fsp3) is 0.316. The Balaban J connectivity index is 2.29. The summed E-state index contributed by atoms with van der Waals surface area (Å²) in [5, 5.41) is 3.16. The molecule has 0 unspecified atom stereocenters. The Kier molecular flexibility index (Phi) is 6.73. The van der Waals surface area contributed by atoms with Crippen molar-refractivity contribution in [1.82, 2.24) is 0 Å². The van der Waals surface area contributed by atoms with Crippen LogP contribution in [0.1, 0.15) is 19.4 Å². The minimum atomic E-state index is -3.71. The van der Waals surface area contributed by atoms with Gasteiger partial charge >= 0.3 is 0 Å². The maximum atomic E-state index is 12.7. The number of carbonyl (C=O) groups excluding carboxylic acids is 1. The van der Waals surface area contributed by atoms with Crippen molar-refractivity contribution in [2.45, 2.75) is 26.8 Å².